The van der Waals surface area contributed by atoms with Crippen molar-refractivity contribution < 1.29 is 26.4 Å². The molecule has 2 aromatic carbocycles. The number of aromatic nitrogens is 1. The van der Waals surface area contributed by atoms with E-state index < -0.39 is 45.3 Å². The summed E-state index contributed by atoms with van der Waals surface area (Å²) in [5.41, 5.74) is 8.23. The van der Waals surface area contributed by atoms with E-state index in [1.54, 1.807) is 24.3 Å². The van der Waals surface area contributed by atoms with E-state index in [0.29, 0.717) is 15.1 Å². The van der Waals surface area contributed by atoms with E-state index in [0.717, 1.165) is 29.0 Å². The molecule has 180 valence electrons. The van der Waals surface area contributed by atoms with Gasteiger partial charge in [0.2, 0.25) is 0 Å². The maximum absolute atomic E-state index is 12.8. The Bertz CT molecular complexity index is 1270. The molecular weight excluding hydrogens is 528 g/mol. The van der Waals surface area contributed by atoms with Crippen molar-refractivity contribution in [2.24, 2.45) is 5.73 Å². The fourth-order valence-electron chi connectivity index (χ4n) is 3.82. The molecule has 0 saturated heterocycles. The van der Waals surface area contributed by atoms with E-state index in [-0.39, 0.29) is 5.56 Å². The number of pyridine rings is 1. The number of hydrogen-bond acceptors (Lipinski definition) is 4. The van der Waals surface area contributed by atoms with Crippen molar-refractivity contribution in [2.75, 3.05) is 6.26 Å². The molecule has 0 bridgehead atoms. The predicted octanol–water partition coefficient (Wildman–Crippen LogP) is 3.36. The number of nitrogens with zero attached hydrogens (tertiary/aromatic N) is 1. The maximum atomic E-state index is 12.8. The van der Waals surface area contributed by atoms with Gasteiger partial charge in [0, 0.05) is 0 Å². The first kappa shape index (κ1) is 26.0. The van der Waals surface area contributed by atoms with Crippen molar-refractivity contribution in [1.29, 1.82) is 0 Å². The van der Waals surface area contributed by atoms with Crippen molar-refractivity contribution in [3.8, 4) is 0 Å². The number of carbonyl (C=O) groups is 1. The Labute approximate surface area is 200 Å². The van der Waals surface area contributed by atoms with E-state index in [4.69, 9.17) is 5.73 Å². The van der Waals surface area contributed by atoms with Crippen molar-refractivity contribution >= 4 is 31.9 Å². The number of rotatable bonds is 7. The first-order valence-corrected chi connectivity index (χ1v) is 16.6. The number of hydrogen-bond donors (Lipinski definition) is 1. The molecule has 1 heterocycles. The Hall–Kier alpha value is -2.64. The molecule has 0 spiro atoms. The summed E-state index contributed by atoms with van der Waals surface area (Å²) in [5.74, 6) is -1.76. The predicted molar refractivity (Wildman–Crippen MR) is 127 cm³/mol. The van der Waals surface area contributed by atoms with Crippen LogP contribution in [0.2, 0.25) is 0 Å². The van der Waals surface area contributed by atoms with Gasteiger partial charge in [0.25, 0.3) is 0 Å². The molecule has 3 rings (SSSR count). The van der Waals surface area contributed by atoms with Gasteiger partial charge >= 0.3 is 201 Å². The van der Waals surface area contributed by atoms with Gasteiger partial charge in [-0.25, -0.2) is 0 Å². The topological polar surface area (TPSA) is 90.1 Å². The van der Waals surface area contributed by atoms with E-state index in [1.807, 2.05) is 32.0 Å². The molecule has 2 atom stereocenters. The fraction of sp³-hybridized carbons (Fsp3) is 0.250. The Morgan fingerprint density at radius 3 is 2.00 bits per heavy atom. The summed E-state index contributed by atoms with van der Waals surface area (Å²) in [7, 11) is -3.32. The van der Waals surface area contributed by atoms with Gasteiger partial charge in [0.05, 0.1) is 0 Å². The third-order valence-corrected chi connectivity index (χ3v) is 16.0. The third kappa shape index (κ3) is 6.27. The van der Waals surface area contributed by atoms with E-state index >= 15 is 0 Å². The Morgan fingerprint density at radius 2 is 1.56 bits per heavy atom. The summed E-state index contributed by atoms with van der Waals surface area (Å²) in [4.78, 5) is 15.6. The Balaban J connectivity index is 1.94. The van der Waals surface area contributed by atoms with Crippen LogP contribution in [-0.2, 0) is 24.3 Å². The number of alkyl halides is 3. The molecule has 34 heavy (non-hydrogen) atoms. The van der Waals surface area contributed by atoms with Gasteiger partial charge in [0.1, 0.15) is 0 Å². The van der Waals surface area contributed by atoms with Crippen LogP contribution in [0.4, 0.5) is 13.2 Å². The average Bonchev–Trinajstić information content (AvgIpc) is 2.71. The molecule has 3 aromatic rings. The van der Waals surface area contributed by atoms with Gasteiger partial charge in [-0.15, -0.1) is 0 Å². The zero-order chi connectivity index (χ0) is 25.3. The molecule has 0 saturated carbocycles. The summed E-state index contributed by atoms with van der Waals surface area (Å²) in [6.45, 7) is 3.92. The number of aryl methyl sites for hydroxylation is 2. The molecule has 1 amide bonds. The Morgan fingerprint density at radius 1 is 1.00 bits per heavy atom. The third-order valence-electron chi connectivity index (χ3n) is 5.22. The molecular formula is C24H24AsF3N2O3S. The molecule has 0 fully saturated rings. The summed E-state index contributed by atoms with van der Waals surface area (Å²) < 4.78 is 64.5. The van der Waals surface area contributed by atoms with Crippen molar-refractivity contribution in [3.05, 3.63) is 94.3 Å². The second-order valence-electron chi connectivity index (χ2n) is 8.17. The summed E-state index contributed by atoms with van der Waals surface area (Å²) in [6, 6.07) is 14.5. The number of amides is 1. The molecule has 2 unspecified atom stereocenters. The van der Waals surface area contributed by atoms with Crippen LogP contribution < -0.4 is 10.1 Å². The quantitative estimate of drug-likeness (QED) is 0.456. The van der Waals surface area contributed by atoms with Crippen LogP contribution in [0.5, 0.6) is 0 Å². The monoisotopic (exact) mass is 552 g/mol. The number of carbonyl (C=O) groups excluding carboxylic acids is 1. The van der Waals surface area contributed by atoms with Crippen LogP contribution in [0.15, 0.2) is 60.8 Å². The molecule has 5 nitrogen and oxygen atoms in total. The first-order chi connectivity index (χ1) is 15.8. The number of nitrogens with two attached hydrogens (primary N) is 1. The number of benzene rings is 2. The second kappa shape index (κ2) is 9.92. The van der Waals surface area contributed by atoms with Crippen LogP contribution >= 0.6 is 0 Å². The average molecular weight is 552 g/mol. The first-order valence-electron chi connectivity index (χ1n) is 10.2. The van der Waals surface area contributed by atoms with Crippen LogP contribution in [0.25, 0.3) is 0 Å². The van der Waals surface area contributed by atoms with Crippen LogP contribution in [-0.4, -0.2) is 39.1 Å². The summed E-state index contributed by atoms with van der Waals surface area (Å²) in [5, 5.41) is 0.426. The van der Waals surface area contributed by atoms with Crippen LogP contribution in [0.1, 0.15) is 39.4 Å². The molecule has 0 radical (unpaired) electrons. The van der Waals surface area contributed by atoms with E-state index in [2.05, 4.69) is 4.98 Å². The SMILES string of the molecule is Cc1cc(C)cc(C[As](c2ccc(C(C(N)=O)c3ccc(C(F)(F)F)nc3)cc2)S(C)(=O)=O)c1. The summed E-state index contributed by atoms with van der Waals surface area (Å²) >= 11 is -2.59. The van der Waals surface area contributed by atoms with Gasteiger partial charge in [0.15, 0.2) is 0 Å². The van der Waals surface area contributed by atoms with Gasteiger partial charge in [-0.1, -0.05) is 0 Å². The fourth-order valence-corrected chi connectivity index (χ4v) is 12.2. The molecule has 0 aliphatic carbocycles. The standard InChI is InChI=1S/C24H24AsF3N2O3S/c1-15-10-16(2)12-17(11-15)13-25(34(3,32)33)20-7-4-18(5-8-20)22(23(29)31)19-6-9-21(30-14-19)24(26,27)28/h4-12,14,22H,13H2,1-3H3,(H2,29,31). The van der Waals surface area contributed by atoms with Crippen molar-refractivity contribution in [3.63, 3.8) is 0 Å². The molecule has 0 aliphatic heterocycles. The second-order valence-corrected chi connectivity index (χ2v) is 19.4. The van der Waals surface area contributed by atoms with Gasteiger partial charge in [-0.2, -0.15) is 0 Å². The Kier molecular flexibility index (Phi) is 7.58. The van der Waals surface area contributed by atoms with Crippen molar-refractivity contribution in [2.45, 2.75) is 31.2 Å². The minimum absolute atomic E-state index is 0.223. The normalized spacial score (nSPS) is 13.9. The summed E-state index contributed by atoms with van der Waals surface area (Å²) in [6.07, 6.45) is -2.37. The minimum atomic E-state index is -4.59. The molecule has 2 N–H and O–H groups in total. The van der Waals surface area contributed by atoms with Crippen molar-refractivity contribution in [1.82, 2.24) is 4.98 Å². The van der Waals surface area contributed by atoms with Crippen LogP contribution in [0, 0.1) is 13.8 Å². The molecule has 0 aliphatic rings. The van der Waals surface area contributed by atoms with Gasteiger partial charge in [-0.3, -0.25) is 0 Å². The van der Waals surface area contributed by atoms with Gasteiger partial charge in [-0.05, 0) is 0 Å². The molecule has 1 aromatic heterocycles. The molecule has 10 heteroatoms. The van der Waals surface area contributed by atoms with Gasteiger partial charge < -0.3 is 0 Å². The number of halogens is 3. The zero-order valence-electron chi connectivity index (χ0n) is 18.8. The van der Waals surface area contributed by atoms with E-state index in [1.165, 1.54) is 12.3 Å². The van der Waals surface area contributed by atoms with E-state index in [9.17, 15) is 26.4 Å². The number of primary amides is 1. The van der Waals surface area contributed by atoms with Crippen LogP contribution in [0.3, 0.4) is 0 Å². The zero-order valence-corrected chi connectivity index (χ0v) is 21.5.